The smallest absolute Gasteiger partial charge is 0.109 e. The van der Waals surface area contributed by atoms with Gasteiger partial charge in [-0.15, -0.1) is 0 Å². The van der Waals surface area contributed by atoms with Gasteiger partial charge >= 0.3 is 0 Å². The van der Waals surface area contributed by atoms with E-state index in [2.05, 4.69) is 329 Å². The van der Waals surface area contributed by atoms with E-state index in [1.807, 2.05) is 14.2 Å². The Kier molecular flexibility index (Phi) is 38.3. The molecule has 9 atom stereocenters. The van der Waals surface area contributed by atoms with Crippen LogP contribution in [0.2, 0.25) is 0 Å². The molecule has 2 saturated carbocycles. The summed E-state index contributed by atoms with van der Waals surface area (Å²) in [6, 6.07) is 77.2. The van der Waals surface area contributed by atoms with Gasteiger partial charge in [0.05, 0.1) is 67.1 Å². The zero-order valence-electron chi connectivity index (χ0n) is 76.3. The van der Waals surface area contributed by atoms with Crippen molar-refractivity contribution in [2.75, 3.05) is 14.2 Å². The quantitative estimate of drug-likeness (QED) is 0.0699. The summed E-state index contributed by atoms with van der Waals surface area (Å²) in [4.78, 5) is 0. The van der Waals surface area contributed by atoms with Crippen molar-refractivity contribution in [3.8, 4) is 33.4 Å². The molecule has 642 valence electrons. The van der Waals surface area contributed by atoms with E-state index < -0.39 is 0 Å². The first-order valence-corrected chi connectivity index (χ1v) is 46.5. The third-order valence-corrected chi connectivity index (χ3v) is 26.1. The van der Waals surface area contributed by atoms with Gasteiger partial charge in [0.2, 0.25) is 0 Å². The van der Waals surface area contributed by atoms with Gasteiger partial charge in [-0.2, -0.15) is 0 Å². The number of hydrogen-bond acceptors (Lipinski definition) is 8. The van der Waals surface area contributed by atoms with Crippen LogP contribution in [-0.4, -0.2) is 63.1 Å². The van der Waals surface area contributed by atoms with Gasteiger partial charge in [-0.25, -0.2) is 0 Å². The van der Waals surface area contributed by atoms with Gasteiger partial charge in [-0.3, -0.25) is 0 Å². The summed E-state index contributed by atoms with van der Waals surface area (Å²) < 4.78 is 47.3. The molecule has 0 N–H and O–H groups in total. The summed E-state index contributed by atoms with van der Waals surface area (Å²) in [5, 5.41) is 0. The highest BCUT2D eigenvalue weighted by Gasteiger charge is 2.34. The molecule has 0 aromatic heterocycles. The van der Waals surface area contributed by atoms with Crippen molar-refractivity contribution < 1.29 is 37.9 Å². The monoisotopic (exact) mass is 1610 g/mol. The van der Waals surface area contributed by atoms with Crippen LogP contribution in [0.4, 0.5) is 0 Å². The van der Waals surface area contributed by atoms with Gasteiger partial charge in [-0.05, 0) is 270 Å². The molecule has 2 fully saturated rings. The van der Waals surface area contributed by atoms with E-state index in [1.165, 1.54) is 203 Å². The van der Waals surface area contributed by atoms with E-state index in [-0.39, 0.29) is 36.6 Å². The standard InChI is InChI=1S/C18H20O.C17H18O.C16H16O.C14H20O.C13H18O.C12H16O.C11H22O.C10H20O/c1-12(2)13(3)19-18-16-10-6-4-8-14(16)15-9-5-7-11-17(15)18;1-3-12(2)18-17-15-10-6-4-8-13(15)14-9-5-7-11-16(14)17;1-11(2)17-16-14-9-5-3-7-12(14)13-8-4-6-10-15(13)16;1-10(2)11(3)15-14-9-8-12-6-4-5-7-13(12)14;1-3-10(2)14-13-9-8-11-6-4-5-7-12(11)13;1-9(2)13-12-8-7-10-5-3-4-6-11(10)12;1-10(12-2)11-8-6-4-3-5-7-9-11;1-9(11-2)10-7-5-3-4-6-8-10/h4-13,18H,1-3H3;4-12,17H,3H2,1-2H3;3-11,16H,1-2H3;4-7,10-11,14H,8-9H2,1-3H3;4-7,10,13H,3,8-9H2,1-2H3;3-6,9,12H,7-8H2,1-2H3;10-11H,3-9H2,1-2H3;9-10H,3-8H2,1-2H3. The predicted octanol–water partition coefficient (Wildman–Crippen LogP) is 30.3. The van der Waals surface area contributed by atoms with Crippen molar-refractivity contribution in [1.82, 2.24) is 0 Å². The second-order valence-electron chi connectivity index (χ2n) is 35.8. The van der Waals surface area contributed by atoms with Crippen molar-refractivity contribution in [2.24, 2.45) is 23.7 Å². The lowest BCUT2D eigenvalue weighted by molar-refractivity contribution is -0.0255. The number of ether oxygens (including phenoxy) is 8. The third-order valence-electron chi connectivity index (χ3n) is 26.1. The Hall–Kier alpha value is -7.34. The molecule has 8 aliphatic rings. The molecule has 0 radical (unpaired) electrons. The summed E-state index contributed by atoms with van der Waals surface area (Å²) in [6.07, 6.45) is 31.6. The summed E-state index contributed by atoms with van der Waals surface area (Å²) >= 11 is 0. The van der Waals surface area contributed by atoms with E-state index in [0.717, 1.165) is 43.9 Å². The number of aryl methyl sites for hydroxylation is 3. The maximum Gasteiger partial charge on any atom is 0.109 e. The lowest BCUT2D eigenvalue weighted by atomic mass is 9.88. The fourth-order valence-corrected chi connectivity index (χ4v) is 18.0. The SMILES string of the molecule is CC(C)C(C)OC1CCc2ccccc21.CC(C)C(C)OC1c2ccccc2-c2ccccc21.CC(C)OC1CCc2ccccc21.CC(C)OC1c2ccccc2-c2ccccc21.CCC(C)OC1CCc2ccccc21.CCC(C)OC1c2ccccc2-c2ccccc21.COC(C)C1CCCCCC1.COC(C)C1CCCCCCC1. The fourth-order valence-electron chi connectivity index (χ4n) is 18.0. The molecule has 0 amide bonds. The molecule has 0 heterocycles. The van der Waals surface area contributed by atoms with E-state index >= 15 is 0 Å². The third kappa shape index (κ3) is 26.6. The molecule has 9 aromatic rings. The Bertz CT molecular complexity index is 4270. The van der Waals surface area contributed by atoms with Gasteiger partial charge in [0.15, 0.2) is 0 Å². The van der Waals surface area contributed by atoms with E-state index in [0.29, 0.717) is 60.7 Å². The molecule has 8 heteroatoms. The van der Waals surface area contributed by atoms with Crippen molar-refractivity contribution in [2.45, 2.75) is 331 Å². The van der Waals surface area contributed by atoms with E-state index in [9.17, 15) is 0 Å². The normalized spacial score (nSPS) is 19.1. The molecule has 8 nitrogen and oxygen atoms in total. The first-order chi connectivity index (χ1) is 57.7. The summed E-state index contributed by atoms with van der Waals surface area (Å²) in [5.74, 6) is 2.79. The van der Waals surface area contributed by atoms with Gasteiger partial charge in [0.25, 0.3) is 0 Å². The van der Waals surface area contributed by atoms with Gasteiger partial charge in [0, 0.05) is 14.2 Å². The predicted molar refractivity (Wildman–Crippen MR) is 499 cm³/mol. The van der Waals surface area contributed by atoms with Crippen LogP contribution in [0.3, 0.4) is 0 Å². The number of benzene rings is 9. The Balaban J connectivity index is 0.000000144. The number of fused-ring (bicyclic) bond motifs is 12. The maximum absolute atomic E-state index is 6.33. The molecule has 0 aliphatic heterocycles. The van der Waals surface area contributed by atoms with Crippen LogP contribution in [0.25, 0.3) is 33.4 Å². The van der Waals surface area contributed by atoms with Crippen LogP contribution >= 0.6 is 0 Å². The first-order valence-electron chi connectivity index (χ1n) is 46.5. The van der Waals surface area contributed by atoms with Crippen molar-refractivity contribution in [1.29, 1.82) is 0 Å². The topological polar surface area (TPSA) is 73.8 Å². The Morgan fingerprint density at radius 2 is 0.496 bits per heavy atom. The molecule has 0 spiro atoms. The molecule has 119 heavy (non-hydrogen) atoms. The van der Waals surface area contributed by atoms with Crippen LogP contribution in [0.5, 0.6) is 0 Å². The highest BCUT2D eigenvalue weighted by molar-refractivity contribution is 5.80. The van der Waals surface area contributed by atoms with Crippen LogP contribution in [0.15, 0.2) is 218 Å². The van der Waals surface area contributed by atoms with Crippen molar-refractivity contribution in [3.05, 3.63) is 285 Å². The second-order valence-corrected chi connectivity index (χ2v) is 35.8. The average molecular weight is 1610 g/mol. The van der Waals surface area contributed by atoms with Crippen LogP contribution < -0.4 is 0 Å². The summed E-state index contributed by atoms with van der Waals surface area (Å²) in [5.41, 5.74) is 24.3. The Morgan fingerprint density at radius 1 is 0.252 bits per heavy atom. The van der Waals surface area contributed by atoms with Gasteiger partial charge < -0.3 is 37.9 Å². The minimum Gasteiger partial charge on any atom is -0.381 e. The summed E-state index contributed by atoms with van der Waals surface area (Å²) in [6.45, 7) is 34.6. The molecule has 9 unspecified atom stereocenters. The number of hydrogen-bond donors (Lipinski definition) is 0. The minimum absolute atomic E-state index is 0.0878. The van der Waals surface area contributed by atoms with Gasteiger partial charge in [0.1, 0.15) is 18.3 Å². The minimum atomic E-state index is 0.0878. The van der Waals surface area contributed by atoms with Crippen LogP contribution in [0, 0.1) is 23.7 Å². The number of methoxy groups -OCH3 is 2. The summed E-state index contributed by atoms with van der Waals surface area (Å²) in [7, 11) is 3.67. The lowest BCUT2D eigenvalue weighted by Crippen LogP contribution is -2.20. The molecular formula is C111H150O8. The van der Waals surface area contributed by atoms with E-state index in [1.54, 1.807) is 0 Å². The van der Waals surface area contributed by atoms with Crippen LogP contribution in [0.1, 0.15) is 330 Å². The molecule has 0 saturated heterocycles. The molecule has 8 aliphatic carbocycles. The molecule has 17 rings (SSSR count). The zero-order valence-corrected chi connectivity index (χ0v) is 76.3. The molecule has 0 bridgehead atoms. The Morgan fingerprint density at radius 3 is 0.790 bits per heavy atom. The lowest BCUT2D eigenvalue weighted by Gasteiger charge is -2.24. The second kappa shape index (κ2) is 48.5. The Labute approximate surface area is 721 Å². The van der Waals surface area contributed by atoms with Crippen molar-refractivity contribution in [3.63, 3.8) is 0 Å². The van der Waals surface area contributed by atoms with Crippen molar-refractivity contribution >= 4 is 0 Å². The maximum atomic E-state index is 6.33. The molecular weight excluding hydrogens is 1460 g/mol. The average Bonchev–Trinajstić information content (AvgIpc) is 1.62. The van der Waals surface area contributed by atoms with Crippen LogP contribution in [-0.2, 0) is 57.2 Å². The largest absolute Gasteiger partial charge is 0.381 e. The number of rotatable bonds is 20. The van der Waals surface area contributed by atoms with E-state index in [4.69, 9.17) is 37.9 Å². The highest BCUT2D eigenvalue weighted by Crippen LogP contribution is 2.49. The zero-order chi connectivity index (χ0) is 84.7. The molecule has 9 aromatic carbocycles. The fraction of sp³-hybridized carbons (Fsp3) is 0.514. The highest BCUT2D eigenvalue weighted by atomic mass is 16.5. The first kappa shape index (κ1) is 93.9. The van der Waals surface area contributed by atoms with Gasteiger partial charge in [-0.1, -0.05) is 318 Å².